The van der Waals surface area contributed by atoms with Gasteiger partial charge in [-0.05, 0) is 118 Å². The molecular formula is C53H62N6O3. The van der Waals surface area contributed by atoms with Gasteiger partial charge in [0.2, 0.25) is 11.8 Å². The molecule has 62 heavy (non-hydrogen) atoms. The first-order chi connectivity index (χ1) is 30.3. The van der Waals surface area contributed by atoms with Crippen LogP contribution in [-0.4, -0.2) is 83.1 Å². The molecule has 2 amide bonds. The van der Waals surface area contributed by atoms with E-state index < -0.39 is 0 Å². The van der Waals surface area contributed by atoms with Crippen molar-refractivity contribution >= 4 is 44.6 Å². The highest BCUT2D eigenvalue weighted by atomic mass is 16.3. The highest BCUT2D eigenvalue weighted by Crippen LogP contribution is 2.41. The second kappa shape index (κ2) is 18.8. The van der Waals surface area contributed by atoms with Crippen molar-refractivity contribution in [3.63, 3.8) is 0 Å². The van der Waals surface area contributed by atoms with Crippen molar-refractivity contribution in [2.45, 2.75) is 95.8 Å². The van der Waals surface area contributed by atoms with Crippen molar-refractivity contribution in [1.29, 1.82) is 0 Å². The van der Waals surface area contributed by atoms with Crippen LogP contribution < -0.4 is 10.6 Å². The molecule has 2 aliphatic rings. The molecule has 0 bridgehead atoms. The zero-order chi connectivity index (χ0) is 42.6. The number of amides is 2. The van der Waals surface area contributed by atoms with Crippen LogP contribution in [0.5, 0.6) is 0 Å². The third-order valence-corrected chi connectivity index (χ3v) is 13.9. The summed E-state index contributed by atoms with van der Waals surface area (Å²) in [5, 5.41) is 9.85. The van der Waals surface area contributed by atoms with Crippen molar-refractivity contribution in [3.8, 4) is 22.5 Å². The fraction of sp³-hybridized carbons (Fsp3) is 0.396. The number of hydrogen-bond acceptors (Lipinski definition) is 5. The molecule has 0 saturated heterocycles. The molecule has 4 aromatic carbocycles. The molecule has 2 atom stereocenters. The maximum absolute atomic E-state index is 13.4. The summed E-state index contributed by atoms with van der Waals surface area (Å²) in [6.07, 6.45) is 15.1. The first kappa shape index (κ1) is 41.7. The Kier molecular flexibility index (Phi) is 12.6. The van der Waals surface area contributed by atoms with Gasteiger partial charge in [0, 0.05) is 78.0 Å². The quantitative estimate of drug-likeness (QED) is 0.107. The standard InChI is InChI=1S/C53H62N6O3/c1-37-11-9-13-39(29-37)43-31-47(46-22-26-59(49(46)33-43)36-53(61)54-23-27-56(2)44-15-5-4-6-16-44)40-14-10-17-45(30-40)57(3)28-24-55-52(60)35-58-25-21-38-19-20-42(32-48(38)58)51-34-41-12-7-8-18-50(41)62-51/h7-9,11-13,18-22,25-26,29,31-34,40,44-45H,4-6,10,14-17,23-24,27-28,30,35-36H2,1-3H3,(H,54,61)(H,55,60). The Morgan fingerprint density at radius 1 is 0.645 bits per heavy atom. The van der Waals surface area contributed by atoms with Gasteiger partial charge in [0.05, 0.1) is 0 Å². The average Bonchev–Trinajstić information content (AvgIpc) is 4.03. The van der Waals surface area contributed by atoms with E-state index >= 15 is 0 Å². The Labute approximate surface area is 366 Å². The van der Waals surface area contributed by atoms with Crippen LogP contribution in [0.15, 0.2) is 114 Å². The largest absolute Gasteiger partial charge is 0.456 e. The normalized spacial score (nSPS) is 17.4. The molecule has 2 N–H and O–H groups in total. The van der Waals surface area contributed by atoms with Gasteiger partial charge in [-0.25, -0.2) is 0 Å². The van der Waals surface area contributed by atoms with Crippen molar-refractivity contribution in [3.05, 3.63) is 121 Å². The van der Waals surface area contributed by atoms with Crippen LogP contribution in [0, 0.1) is 6.92 Å². The number of carbonyl (C=O) groups excluding carboxylic acids is 2. The number of hydrogen-bond donors (Lipinski definition) is 2. The second-order valence-electron chi connectivity index (χ2n) is 18.1. The molecule has 3 aromatic heterocycles. The second-order valence-corrected chi connectivity index (χ2v) is 18.1. The maximum atomic E-state index is 13.4. The number of aromatic nitrogens is 2. The van der Waals surface area contributed by atoms with Gasteiger partial charge in [-0.3, -0.25) is 9.59 Å². The summed E-state index contributed by atoms with van der Waals surface area (Å²) >= 11 is 0. The highest BCUT2D eigenvalue weighted by Gasteiger charge is 2.28. The predicted molar refractivity (Wildman–Crippen MR) is 252 cm³/mol. The van der Waals surface area contributed by atoms with E-state index in [4.69, 9.17) is 4.42 Å². The van der Waals surface area contributed by atoms with E-state index in [1.807, 2.05) is 29.0 Å². The minimum Gasteiger partial charge on any atom is -0.456 e. The number of nitrogens with zero attached hydrogens (tertiary/aromatic N) is 4. The van der Waals surface area contributed by atoms with Gasteiger partial charge >= 0.3 is 0 Å². The zero-order valence-corrected chi connectivity index (χ0v) is 36.7. The molecule has 2 aliphatic carbocycles. The summed E-state index contributed by atoms with van der Waals surface area (Å²) in [5.41, 5.74) is 9.00. The van der Waals surface area contributed by atoms with Crippen molar-refractivity contribution < 1.29 is 14.0 Å². The summed E-state index contributed by atoms with van der Waals surface area (Å²) in [7, 11) is 4.41. The van der Waals surface area contributed by atoms with E-state index in [9.17, 15) is 9.59 Å². The summed E-state index contributed by atoms with van der Waals surface area (Å²) in [6.45, 7) is 5.64. The Bertz CT molecular complexity index is 2630. The molecule has 0 aliphatic heterocycles. The Balaban J connectivity index is 0.837. The van der Waals surface area contributed by atoms with Crippen LogP contribution in [0.1, 0.15) is 74.8 Å². The Morgan fingerprint density at radius 3 is 2.13 bits per heavy atom. The third kappa shape index (κ3) is 9.39. The number of rotatable bonds is 15. The topological polar surface area (TPSA) is 87.7 Å². The summed E-state index contributed by atoms with van der Waals surface area (Å²) in [5.74, 6) is 1.28. The maximum Gasteiger partial charge on any atom is 0.239 e. The lowest BCUT2D eigenvalue weighted by Gasteiger charge is -2.36. The van der Waals surface area contributed by atoms with Gasteiger partial charge in [-0.1, -0.05) is 91.9 Å². The van der Waals surface area contributed by atoms with E-state index in [2.05, 4.69) is 131 Å². The number of fused-ring (bicyclic) bond motifs is 3. The molecular weight excluding hydrogens is 769 g/mol. The molecule has 2 saturated carbocycles. The van der Waals surface area contributed by atoms with Crippen LogP contribution in [0.4, 0.5) is 0 Å². The van der Waals surface area contributed by atoms with Gasteiger partial charge < -0.3 is 34.0 Å². The van der Waals surface area contributed by atoms with Gasteiger partial charge in [-0.2, -0.15) is 0 Å². The summed E-state index contributed by atoms with van der Waals surface area (Å²) < 4.78 is 10.3. The molecule has 7 aromatic rings. The fourth-order valence-electron chi connectivity index (χ4n) is 10.3. The van der Waals surface area contributed by atoms with E-state index in [1.54, 1.807) is 0 Å². The molecule has 9 heteroatoms. The molecule has 9 rings (SSSR count). The van der Waals surface area contributed by atoms with E-state index in [0.29, 0.717) is 37.6 Å². The lowest BCUT2D eigenvalue weighted by molar-refractivity contribution is -0.122. The van der Waals surface area contributed by atoms with Crippen molar-refractivity contribution in [2.24, 2.45) is 0 Å². The summed E-state index contributed by atoms with van der Waals surface area (Å²) in [4.78, 5) is 31.6. The zero-order valence-electron chi connectivity index (χ0n) is 36.7. The minimum atomic E-state index is 0.00638. The Morgan fingerprint density at radius 2 is 1.35 bits per heavy atom. The van der Waals surface area contributed by atoms with Crippen LogP contribution >= 0.6 is 0 Å². The third-order valence-electron chi connectivity index (χ3n) is 13.9. The Hall–Kier alpha value is -5.64. The van der Waals surface area contributed by atoms with Gasteiger partial charge in [0.1, 0.15) is 24.4 Å². The van der Waals surface area contributed by atoms with E-state index in [0.717, 1.165) is 77.5 Å². The monoisotopic (exact) mass is 830 g/mol. The molecule has 2 unspecified atom stereocenters. The van der Waals surface area contributed by atoms with Gasteiger partial charge in [0.25, 0.3) is 0 Å². The van der Waals surface area contributed by atoms with Gasteiger partial charge in [0.15, 0.2) is 0 Å². The smallest absolute Gasteiger partial charge is 0.239 e. The molecule has 322 valence electrons. The fourth-order valence-corrected chi connectivity index (χ4v) is 10.3. The minimum absolute atomic E-state index is 0.00638. The number of para-hydroxylation sites is 1. The first-order valence-corrected chi connectivity index (χ1v) is 23.0. The molecule has 3 heterocycles. The number of benzene rings is 4. The predicted octanol–water partition coefficient (Wildman–Crippen LogP) is 10.1. The molecule has 0 radical (unpaired) electrons. The van der Waals surface area contributed by atoms with Crippen molar-refractivity contribution in [1.82, 2.24) is 29.6 Å². The lowest BCUT2D eigenvalue weighted by Crippen LogP contribution is -2.41. The van der Waals surface area contributed by atoms with Crippen LogP contribution in [0.25, 0.3) is 55.2 Å². The number of carbonyl (C=O) groups is 2. The number of likely N-dealkylation sites (N-methyl/N-ethyl adjacent to an activating group) is 2. The first-order valence-electron chi connectivity index (χ1n) is 23.0. The SMILES string of the molecule is Cc1cccc(-c2cc(C3CCCC(N(C)CCNC(=O)Cn4ccc5ccc(-c6cc7ccccc7o6)cc54)C3)c3ccn(CC(=O)NCCN(C)C4CCCCC4)c3c2)c1. The molecule has 0 spiro atoms. The highest BCUT2D eigenvalue weighted by molar-refractivity contribution is 5.91. The molecule has 2 fully saturated rings. The lowest BCUT2D eigenvalue weighted by atomic mass is 9.79. The van der Waals surface area contributed by atoms with E-state index in [1.165, 1.54) is 59.7 Å². The number of aryl methyl sites for hydroxylation is 1. The van der Waals surface area contributed by atoms with Crippen LogP contribution in [-0.2, 0) is 22.7 Å². The van der Waals surface area contributed by atoms with Crippen LogP contribution in [0.3, 0.4) is 0 Å². The van der Waals surface area contributed by atoms with Gasteiger partial charge in [-0.15, -0.1) is 0 Å². The summed E-state index contributed by atoms with van der Waals surface area (Å²) in [6, 6.07) is 35.2. The van der Waals surface area contributed by atoms with E-state index in [-0.39, 0.29) is 18.4 Å². The number of furan rings is 1. The van der Waals surface area contributed by atoms with Crippen LogP contribution in [0.2, 0.25) is 0 Å². The average molecular weight is 831 g/mol. The molecule has 9 nitrogen and oxygen atoms in total. The number of nitrogens with one attached hydrogen (secondary N) is 2. The van der Waals surface area contributed by atoms with Crippen molar-refractivity contribution in [2.75, 3.05) is 40.3 Å².